The van der Waals surface area contributed by atoms with Crippen molar-refractivity contribution in [3.63, 3.8) is 0 Å². The topological polar surface area (TPSA) is 9.23 Å². The Bertz CT molecular complexity index is 434. The van der Waals surface area contributed by atoms with Crippen molar-refractivity contribution >= 4 is 0 Å². The van der Waals surface area contributed by atoms with Crippen molar-refractivity contribution in [1.82, 2.24) is 0 Å². The van der Waals surface area contributed by atoms with E-state index in [0.717, 1.165) is 0 Å². The lowest BCUT2D eigenvalue weighted by atomic mass is 9.76. The standard InChI is InChI=1S/C8H2F12O/c9-1-3(11,12)7(17,18)5(1,15)21-6(16)2(10)4(13,14)8(6,19)20/h1-2H. The molecule has 1 nitrogen and oxygen atoms in total. The highest BCUT2D eigenvalue weighted by molar-refractivity contribution is 5.24. The summed E-state index contributed by atoms with van der Waals surface area (Å²) < 4.78 is 154. The van der Waals surface area contributed by atoms with E-state index < -0.39 is 47.7 Å². The summed E-state index contributed by atoms with van der Waals surface area (Å²) in [6.45, 7) is 0. The van der Waals surface area contributed by atoms with E-state index in [-0.39, 0.29) is 0 Å². The van der Waals surface area contributed by atoms with E-state index in [4.69, 9.17) is 0 Å². The monoisotopic (exact) mass is 342 g/mol. The van der Waals surface area contributed by atoms with E-state index in [1.807, 2.05) is 0 Å². The van der Waals surface area contributed by atoms with Crippen LogP contribution in [0.5, 0.6) is 0 Å². The highest BCUT2D eigenvalue weighted by Crippen LogP contribution is 2.68. The zero-order valence-electron chi connectivity index (χ0n) is 9.10. The van der Waals surface area contributed by atoms with Gasteiger partial charge >= 0.3 is 35.4 Å². The Labute approximate surface area is 106 Å². The van der Waals surface area contributed by atoms with Crippen molar-refractivity contribution in [2.75, 3.05) is 0 Å². The SMILES string of the molecule is FC1C(F)(F)C(F)(F)C1(F)OC1(F)C(F)C(F)(F)C1(F)F. The molecule has 0 heterocycles. The third-order valence-corrected chi connectivity index (χ3v) is 3.28. The summed E-state index contributed by atoms with van der Waals surface area (Å²) in [5, 5.41) is 0. The zero-order chi connectivity index (χ0) is 16.9. The molecule has 0 aromatic rings. The molecule has 0 bridgehead atoms. The molecule has 13 heteroatoms. The lowest BCUT2D eigenvalue weighted by Gasteiger charge is -2.56. The first-order chi connectivity index (χ1) is 9.02. The fourth-order valence-electron chi connectivity index (χ4n) is 1.85. The Morgan fingerprint density at radius 1 is 0.524 bits per heavy atom. The summed E-state index contributed by atoms with van der Waals surface area (Å²) >= 11 is 0. The van der Waals surface area contributed by atoms with Gasteiger partial charge in [0.15, 0.2) is 0 Å². The van der Waals surface area contributed by atoms with Gasteiger partial charge < -0.3 is 0 Å². The van der Waals surface area contributed by atoms with Crippen LogP contribution in [0.3, 0.4) is 0 Å². The summed E-state index contributed by atoms with van der Waals surface area (Å²) in [5.74, 6) is -35.3. The first kappa shape index (κ1) is 16.5. The van der Waals surface area contributed by atoms with E-state index in [9.17, 15) is 52.7 Å². The third kappa shape index (κ3) is 1.32. The van der Waals surface area contributed by atoms with E-state index in [2.05, 4.69) is 4.74 Å². The van der Waals surface area contributed by atoms with Crippen LogP contribution in [0, 0.1) is 0 Å². The van der Waals surface area contributed by atoms with Crippen LogP contribution in [0.25, 0.3) is 0 Å². The molecule has 0 amide bonds. The number of halogens is 12. The van der Waals surface area contributed by atoms with Crippen molar-refractivity contribution in [3.8, 4) is 0 Å². The quantitative estimate of drug-likeness (QED) is 0.697. The second-order valence-corrected chi connectivity index (χ2v) is 4.51. The molecule has 0 radical (unpaired) electrons. The molecule has 0 aliphatic heterocycles. The van der Waals surface area contributed by atoms with Gasteiger partial charge in [0.05, 0.1) is 0 Å². The summed E-state index contributed by atoms with van der Waals surface area (Å²) in [4.78, 5) is 0. The number of alkyl halides is 12. The van der Waals surface area contributed by atoms with Gasteiger partial charge in [-0.2, -0.15) is 35.1 Å². The van der Waals surface area contributed by atoms with Crippen LogP contribution in [-0.4, -0.2) is 47.7 Å². The Morgan fingerprint density at radius 2 is 0.762 bits per heavy atom. The molecule has 0 aromatic carbocycles. The molecule has 2 saturated carbocycles. The van der Waals surface area contributed by atoms with Crippen LogP contribution < -0.4 is 0 Å². The van der Waals surface area contributed by atoms with Crippen molar-refractivity contribution in [2.45, 2.75) is 47.7 Å². The highest BCUT2D eigenvalue weighted by atomic mass is 19.3. The lowest BCUT2D eigenvalue weighted by molar-refractivity contribution is -0.549. The molecule has 2 aliphatic rings. The Balaban J connectivity index is 2.36. The second kappa shape index (κ2) is 3.54. The predicted octanol–water partition coefficient (Wildman–Crippen LogP) is 3.58. The van der Waals surface area contributed by atoms with Crippen molar-refractivity contribution in [1.29, 1.82) is 0 Å². The fourth-order valence-corrected chi connectivity index (χ4v) is 1.85. The molecular weight excluding hydrogens is 340 g/mol. The number of hydrogen-bond acceptors (Lipinski definition) is 1. The van der Waals surface area contributed by atoms with Crippen molar-refractivity contribution in [2.24, 2.45) is 0 Å². The molecule has 0 spiro atoms. The van der Waals surface area contributed by atoms with Crippen LogP contribution in [0.15, 0.2) is 0 Å². The van der Waals surface area contributed by atoms with E-state index in [0.29, 0.717) is 0 Å². The van der Waals surface area contributed by atoms with Gasteiger partial charge in [-0.1, -0.05) is 0 Å². The zero-order valence-corrected chi connectivity index (χ0v) is 9.10. The lowest BCUT2D eigenvalue weighted by Crippen LogP contribution is -2.86. The maximum Gasteiger partial charge on any atom is 0.374 e. The van der Waals surface area contributed by atoms with Gasteiger partial charge in [0, 0.05) is 0 Å². The molecule has 21 heavy (non-hydrogen) atoms. The molecule has 2 aliphatic carbocycles. The molecule has 4 atom stereocenters. The van der Waals surface area contributed by atoms with Gasteiger partial charge in [-0.3, -0.25) is 4.74 Å². The molecule has 2 fully saturated rings. The van der Waals surface area contributed by atoms with Crippen LogP contribution in [0.1, 0.15) is 0 Å². The second-order valence-electron chi connectivity index (χ2n) is 4.51. The van der Waals surface area contributed by atoms with Crippen molar-refractivity contribution in [3.05, 3.63) is 0 Å². The molecule has 2 rings (SSSR count). The maximum absolute atomic E-state index is 13.2. The molecule has 4 unspecified atom stereocenters. The molecule has 124 valence electrons. The minimum atomic E-state index is -6.17. The van der Waals surface area contributed by atoms with E-state index in [1.165, 1.54) is 0 Å². The average molecular weight is 342 g/mol. The Morgan fingerprint density at radius 3 is 0.952 bits per heavy atom. The Hall–Kier alpha value is -0.880. The number of rotatable bonds is 2. The minimum absolute atomic E-state index is 2.48. The van der Waals surface area contributed by atoms with Gasteiger partial charge in [-0.15, -0.1) is 0 Å². The van der Waals surface area contributed by atoms with Gasteiger partial charge in [0.2, 0.25) is 12.3 Å². The maximum atomic E-state index is 13.2. The summed E-state index contributed by atoms with van der Waals surface area (Å²) in [6, 6.07) is 0. The van der Waals surface area contributed by atoms with Gasteiger partial charge in [-0.25, -0.2) is 17.6 Å². The first-order valence-electron chi connectivity index (χ1n) is 4.89. The fraction of sp³-hybridized carbons (Fsp3) is 1.00. The van der Waals surface area contributed by atoms with Crippen LogP contribution >= 0.6 is 0 Å². The smallest absolute Gasteiger partial charge is 0.293 e. The van der Waals surface area contributed by atoms with Gasteiger partial charge in [-0.05, 0) is 0 Å². The summed E-state index contributed by atoms with van der Waals surface area (Å²) in [5.41, 5.74) is 0. The van der Waals surface area contributed by atoms with Crippen molar-refractivity contribution < 1.29 is 57.4 Å². The first-order valence-corrected chi connectivity index (χ1v) is 4.89. The molecule has 0 saturated heterocycles. The van der Waals surface area contributed by atoms with E-state index in [1.54, 1.807) is 0 Å². The molecule has 0 N–H and O–H groups in total. The highest BCUT2D eigenvalue weighted by Gasteiger charge is 2.98. The van der Waals surface area contributed by atoms with Gasteiger partial charge in [0.1, 0.15) is 0 Å². The van der Waals surface area contributed by atoms with E-state index >= 15 is 0 Å². The largest absolute Gasteiger partial charge is 0.374 e. The molecular formula is C8H2F12O. The normalized spacial score (nSPS) is 49.1. The van der Waals surface area contributed by atoms with Crippen LogP contribution in [-0.2, 0) is 4.74 Å². The number of ether oxygens (including phenoxy) is 1. The van der Waals surface area contributed by atoms with Crippen LogP contribution in [0.4, 0.5) is 52.7 Å². The van der Waals surface area contributed by atoms with Crippen LogP contribution in [0.2, 0.25) is 0 Å². The molecule has 0 aromatic heterocycles. The average Bonchev–Trinajstić information content (AvgIpc) is 2.34. The number of hydrogen-bond donors (Lipinski definition) is 0. The summed E-state index contributed by atoms with van der Waals surface area (Å²) in [6.07, 6.45) is -9.32. The Kier molecular flexibility index (Phi) is 2.78. The minimum Gasteiger partial charge on any atom is -0.293 e. The predicted molar refractivity (Wildman–Crippen MR) is 38.3 cm³/mol. The van der Waals surface area contributed by atoms with Gasteiger partial charge in [0.25, 0.3) is 0 Å². The third-order valence-electron chi connectivity index (χ3n) is 3.28. The summed E-state index contributed by atoms with van der Waals surface area (Å²) in [7, 11) is 0.